The first kappa shape index (κ1) is 18.1. The molecule has 0 atom stereocenters. The smallest absolute Gasteiger partial charge is 0.341 e. The van der Waals surface area contributed by atoms with Crippen molar-refractivity contribution in [2.24, 2.45) is 0 Å². The van der Waals surface area contributed by atoms with E-state index in [2.05, 4.69) is 26.0 Å². The van der Waals surface area contributed by atoms with Gasteiger partial charge in [-0.05, 0) is 18.2 Å². The molecule has 7 nitrogen and oxygen atoms in total. The Hall–Kier alpha value is -2.00. The second-order valence-corrected chi connectivity index (χ2v) is 4.91. The second kappa shape index (κ2) is 9.11. The number of urea groups is 1. The zero-order valence-corrected chi connectivity index (χ0v) is 13.2. The summed E-state index contributed by atoms with van der Waals surface area (Å²) < 4.78 is 23.3. The molecule has 120 valence electrons. The van der Waals surface area contributed by atoms with Gasteiger partial charge in [-0.2, -0.15) is 0 Å². The molecule has 1 aromatic rings. The summed E-state index contributed by atoms with van der Waals surface area (Å²) in [5.41, 5.74) is -0.305. The van der Waals surface area contributed by atoms with Gasteiger partial charge in [-0.25, -0.2) is 14.0 Å². The molecule has 0 aromatic heterocycles. The fourth-order valence-electron chi connectivity index (χ4n) is 1.34. The molecular formula is C13H14BrFN2O5. The van der Waals surface area contributed by atoms with Gasteiger partial charge in [-0.1, -0.05) is 15.9 Å². The highest BCUT2D eigenvalue weighted by atomic mass is 79.9. The number of imide groups is 1. The summed E-state index contributed by atoms with van der Waals surface area (Å²) >= 11 is 3.05. The maximum absolute atomic E-state index is 13.5. The lowest BCUT2D eigenvalue weighted by molar-refractivity contribution is -0.123. The van der Waals surface area contributed by atoms with Crippen molar-refractivity contribution in [1.29, 1.82) is 0 Å². The van der Waals surface area contributed by atoms with E-state index in [0.29, 0.717) is 11.1 Å². The van der Waals surface area contributed by atoms with Gasteiger partial charge < -0.3 is 14.8 Å². The average Bonchev–Trinajstić information content (AvgIpc) is 2.45. The quantitative estimate of drug-likeness (QED) is 0.574. The van der Waals surface area contributed by atoms with Gasteiger partial charge in [-0.15, -0.1) is 0 Å². The lowest BCUT2D eigenvalue weighted by atomic mass is 10.2. The highest BCUT2D eigenvalue weighted by Crippen LogP contribution is 2.15. The van der Waals surface area contributed by atoms with Gasteiger partial charge in [0.05, 0.1) is 12.2 Å². The van der Waals surface area contributed by atoms with E-state index < -0.39 is 30.3 Å². The maximum Gasteiger partial charge on any atom is 0.341 e. The first-order valence-electron chi connectivity index (χ1n) is 6.13. The summed E-state index contributed by atoms with van der Waals surface area (Å²) in [5.74, 6) is -2.61. The Morgan fingerprint density at radius 3 is 2.68 bits per heavy atom. The average molecular weight is 377 g/mol. The molecule has 1 rings (SSSR count). The fourth-order valence-corrected chi connectivity index (χ4v) is 1.67. The van der Waals surface area contributed by atoms with Crippen molar-refractivity contribution >= 4 is 33.8 Å². The minimum atomic E-state index is -1.00. The maximum atomic E-state index is 13.5. The van der Waals surface area contributed by atoms with E-state index in [-0.39, 0.29) is 12.1 Å². The third-order valence-electron chi connectivity index (χ3n) is 2.33. The first-order valence-corrected chi connectivity index (χ1v) is 6.92. The highest BCUT2D eigenvalue weighted by Gasteiger charge is 2.16. The lowest BCUT2D eigenvalue weighted by Gasteiger charge is -2.07. The number of esters is 1. The van der Waals surface area contributed by atoms with E-state index >= 15 is 0 Å². The molecule has 22 heavy (non-hydrogen) atoms. The number of hydrogen-bond acceptors (Lipinski definition) is 5. The largest absolute Gasteiger partial charge is 0.452 e. The summed E-state index contributed by atoms with van der Waals surface area (Å²) in [6.07, 6.45) is 0. The van der Waals surface area contributed by atoms with Crippen LogP contribution < -0.4 is 10.6 Å². The van der Waals surface area contributed by atoms with Crippen LogP contribution in [0.1, 0.15) is 10.4 Å². The zero-order valence-electron chi connectivity index (χ0n) is 11.7. The van der Waals surface area contributed by atoms with E-state index in [1.165, 1.54) is 19.2 Å². The Morgan fingerprint density at radius 2 is 2.05 bits per heavy atom. The summed E-state index contributed by atoms with van der Waals surface area (Å²) in [4.78, 5) is 34.2. The predicted octanol–water partition coefficient (Wildman–Crippen LogP) is 1.22. The number of rotatable bonds is 6. The van der Waals surface area contributed by atoms with Crippen molar-refractivity contribution in [2.45, 2.75) is 0 Å². The van der Waals surface area contributed by atoms with Gasteiger partial charge in [0.1, 0.15) is 5.82 Å². The molecule has 0 bridgehead atoms. The second-order valence-electron chi connectivity index (χ2n) is 4.00. The van der Waals surface area contributed by atoms with Crippen LogP contribution >= 0.6 is 15.9 Å². The fraction of sp³-hybridized carbons (Fsp3) is 0.308. The molecule has 0 aliphatic carbocycles. The number of hydrogen-bond donors (Lipinski definition) is 2. The minimum Gasteiger partial charge on any atom is -0.452 e. The number of nitrogens with one attached hydrogen (secondary N) is 2. The number of amides is 3. The van der Waals surface area contributed by atoms with Crippen LogP contribution in [0, 0.1) is 5.82 Å². The molecule has 0 heterocycles. The monoisotopic (exact) mass is 376 g/mol. The minimum absolute atomic E-state index is 0.222. The van der Waals surface area contributed by atoms with Crippen molar-refractivity contribution in [2.75, 3.05) is 26.9 Å². The highest BCUT2D eigenvalue weighted by molar-refractivity contribution is 9.10. The number of methoxy groups -OCH3 is 1. The summed E-state index contributed by atoms with van der Waals surface area (Å²) in [6, 6.07) is 3.04. The standard InChI is InChI=1S/C13H14BrFN2O5/c1-21-5-4-16-13(20)17-11(18)7-22-12(19)9-3-2-8(14)6-10(9)15/h2-3,6H,4-5,7H2,1H3,(H2,16,17,18,20). The lowest BCUT2D eigenvalue weighted by Crippen LogP contribution is -2.42. The third kappa shape index (κ3) is 6.19. The van der Waals surface area contributed by atoms with Crippen molar-refractivity contribution in [3.05, 3.63) is 34.1 Å². The van der Waals surface area contributed by atoms with E-state index in [1.807, 2.05) is 5.32 Å². The number of ether oxygens (including phenoxy) is 2. The van der Waals surface area contributed by atoms with Gasteiger partial charge >= 0.3 is 12.0 Å². The number of carbonyl (C=O) groups excluding carboxylic acids is 3. The Bertz CT molecular complexity index is 567. The molecular weight excluding hydrogens is 363 g/mol. The molecule has 0 fully saturated rings. The van der Waals surface area contributed by atoms with Crippen molar-refractivity contribution < 1.29 is 28.2 Å². The van der Waals surface area contributed by atoms with Crippen LogP contribution in [0.25, 0.3) is 0 Å². The number of carbonyl (C=O) groups is 3. The van der Waals surface area contributed by atoms with Crippen LogP contribution in [0.3, 0.4) is 0 Å². The number of benzene rings is 1. The first-order chi connectivity index (χ1) is 10.4. The van der Waals surface area contributed by atoms with Crippen LogP contribution in [0.5, 0.6) is 0 Å². The van der Waals surface area contributed by atoms with E-state index in [1.54, 1.807) is 0 Å². The predicted molar refractivity (Wildman–Crippen MR) is 77.8 cm³/mol. The van der Waals surface area contributed by atoms with Gasteiger partial charge in [0.15, 0.2) is 6.61 Å². The molecule has 0 aliphatic rings. The molecule has 0 spiro atoms. The normalized spacial score (nSPS) is 9.95. The molecule has 0 saturated carbocycles. The SMILES string of the molecule is COCCNC(=O)NC(=O)COC(=O)c1ccc(Br)cc1F. The third-order valence-corrected chi connectivity index (χ3v) is 2.82. The van der Waals surface area contributed by atoms with Crippen molar-refractivity contribution in [3.8, 4) is 0 Å². The summed E-state index contributed by atoms with van der Waals surface area (Å²) in [5, 5.41) is 4.29. The Morgan fingerprint density at radius 1 is 1.32 bits per heavy atom. The molecule has 0 aliphatic heterocycles. The van der Waals surface area contributed by atoms with Crippen molar-refractivity contribution in [1.82, 2.24) is 10.6 Å². The molecule has 0 saturated heterocycles. The van der Waals surface area contributed by atoms with Crippen molar-refractivity contribution in [3.63, 3.8) is 0 Å². The zero-order chi connectivity index (χ0) is 16.5. The van der Waals surface area contributed by atoms with E-state index in [9.17, 15) is 18.8 Å². The Labute approximate surface area is 134 Å². The summed E-state index contributed by atoms with van der Waals surface area (Å²) in [7, 11) is 1.46. The van der Waals surface area contributed by atoms with Gasteiger partial charge in [0.2, 0.25) is 0 Å². The number of halogens is 2. The topological polar surface area (TPSA) is 93.7 Å². The molecule has 0 radical (unpaired) electrons. The van der Waals surface area contributed by atoms with Crippen LogP contribution in [0.4, 0.5) is 9.18 Å². The molecule has 0 unspecified atom stereocenters. The molecule has 2 N–H and O–H groups in total. The van der Waals surface area contributed by atoms with Crippen LogP contribution in [0.2, 0.25) is 0 Å². The van der Waals surface area contributed by atoms with E-state index in [4.69, 9.17) is 4.74 Å². The van der Waals surface area contributed by atoms with Gasteiger partial charge in [0, 0.05) is 18.1 Å². The van der Waals surface area contributed by atoms with Crippen LogP contribution in [0.15, 0.2) is 22.7 Å². The Kier molecular flexibility index (Phi) is 7.47. The van der Waals surface area contributed by atoms with Gasteiger partial charge in [0.25, 0.3) is 5.91 Å². The molecule has 3 amide bonds. The molecule has 9 heteroatoms. The van der Waals surface area contributed by atoms with Gasteiger partial charge in [-0.3, -0.25) is 10.1 Å². The summed E-state index contributed by atoms with van der Waals surface area (Å²) in [6.45, 7) is -0.190. The van der Waals surface area contributed by atoms with Crippen LogP contribution in [-0.4, -0.2) is 44.8 Å². The molecule has 1 aromatic carbocycles. The van der Waals surface area contributed by atoms with Crippen LogP contribution in [-0.2, 0) is 14.3 Å². The van der Waals surface area contributed by atoms with E-state index in [0.717, 1.165) is 6.07 Å². The Balaban J connectivity index is 2.40.